The summed E-state index contributed by atoms with van der Waals surface area (Å²) in [5.41, 5.74) is 0.760. The second kappa shape index (κ2) is 6.13. The molecule has 1 aromatic rings. The molecule has 1 aliphatic rings. The third-order valence-electron chi connectivity index (χ3n) is 3.16. The van der Waals surface area contributed by atoms with E-state index >= 15 is 0 Å². The molecule has 2 rings (SSSR count). The first-order valence-electron chi connectivity index (χ1n) is 6.69. The van der Waals surface area contributed by atoms with Crippen molar-refractivity contribution in [2.45, 2.75) is 26.3 Å². The maximum absolute atomic E-state index is 14.1. The smallest absolute Gasteiger partial charge is 0.254 e. The van der Waals surface area contributed by atoms with Crippen molar-refractivity contribution < 1.29 is 13.6 Å². The highest BCUT2D eigenvalue weighted by molar-refractivity contribution is 5.95. The molecule has 1 aliphatic heterocycles. The fourth-order valence-corrected chi connectivity index (χ4v) is 2.18. The number of amides is 1. The van der Waals surface area contributed by atoms with E-state index in [0.29, 0.717) is 13.0 Å². The first-order chi connectivity index (χ1) is 9.50. The molecule has 0 unspecified atom stereocenters. The van der Waals surface area contributed by atoms with Crippen LogP contribution in [0.4, 0.5) is 8.78 Å². The molecule has 3 nitrogen and oxygen atoms in total. The van der Waals surface area contributed by atoms with Crippen molar-refractivity contribution in [3.63, 3.8) is 0 Å². The third kappa shape index (κ3) is 3.04. The number of hydrogen-bond acceptors (Lipinski definition) is 2. The Hall–Kier alpha value is -1.75. The number of carbonyl (C=O) groups excluding carboxylic acids is 1. The molecule has 0 fully saturated rings. The number of carbonyl (C=O) groups is 1. The van der Waals surface area contributed by atoms with Crippen molar-refractivity contribution in [2.24, 2.45) is 0 Å². The Morgan fingerprint density at radius 3 is 2.65 bits per heavy atom. The van der Waals surface area contributed by atoms with Gasteiger partial charge in [-0.05, 0) is 38.5 Å². The molecule has 0 aromatic heterocycles. The zero-order valence-corrected chi connectivity index (χ0v) is 11.6. The maximum Gasteiger partial charge on any atom is 0.254 e. The molecule has 20 heavy (non-hydrogen) atoms. The van der Waals surface area contributed by atoms with Crippen molar-refractivity contribution in [2.75, 3.05) is 13.1 Å². The van der Waals surface area contributed by atoms with Crippen LogP contribution in [0.25, 0.3) is 5.57 Å². The molecule has 1 aromatic carbocycles. The Morgan fingerprint density at radius 1 is 1.30 bits per heavy atom. The molecule has 0 spiro atoms. The molecule has 0 bridgehead atoms. The van der Waals surface area contributed by atoms with E-state index in [1.54, 1.807) is 13.8 Å². The molecule has 0 radical (unpaired) electrons. The lowest BCUT2D eigenvalue weighted by Gasteiger charge is -2.16. The molecule has 2 N–H and O–H groups in total. The molecule has 0 aliphatic carbocycles. The highest BCUT2D eigenvalue weighted by Crippen LogP contribution is 2.26. The van der Waals surface area contributed by atoms with Crippen LogP contribution in [0.3, 0.4) is 0 Å². The molecular formula is C15H18F2N2O. The number of benzene rings is 1. The van der Waals surface area contributed by atoms with E-state index in [2.05, 4.69) is 10.6 Å². The van der Waals surface area contributed by atoms with Gasteiger partial charge in [-0.15, -0.1) is 0 Å². The number of rotatable bonds is 3. The summed E-state index contributed by atoms with van der Waals surface area (Å²) in [5, 5.41) is 5.67. The highest BCUT2D eigenvalue weighted by atomic mass is 19.2. The number of halogens is 2. The highest BCUT2D eigenvalue weighted by Gasteiger charge is 2.21. The van der Waals surface area contributed by atoms with Gasteiger partial charge in [0.1, 0.15) is 0 Å². The van der Waals surface area contributed by atoms with Crippen LogP contribution in [0.1, 0.15) is 36.2 Å². The first kappa shape index (κ1) is 14.7. The fourth-order valence-electron chi connectivity index (χ4n) is 2.18. The topological polar surface area (TPSA) is 41.1 Å². The summed E-state index contributed by atoms with van der Waals surface area (Å²) in [7, 11) is 0. The van der Waals surface area contributed by atoms with E-state index in [4.69, 9.17) is 0 Å². The van der Waals surface area contributed by atoms with Crippen LogP contribution in [-0.2, 0) is 0 Å². The average Bonchev–Trinajstić information content (AvgIpc) is 2.42. The Kier molecular flexibility index (Phi) is 4.49. The zero-order chi connectivity index (χ0) is 14.7. The minimum Gasteiger partial charge on any atom is -0.350 e. The quantitative estimate of drug-likeness (QED) is 0.893. The van der Waals surface area contributed by atoms with Crippen LogP contribution in [0, 0.1) is 11.6 Å². The van der Waals surface area contributed by atoms with Crippen LogP contribution in [0.2, 0.25) is 0 Å². The largest absolute Gasteiger partial charge is 0.350 e. The minimum absolute atomic E-state index is 0.128. The van der Waals surface area contributed by atoms with Crippen LogP contribution in [0.5, 0.6) is 0 Å². The van der Waals surface area contributed by atoms with E-state index in [9.17, 15) is 13.6 Å². The number of hydrogen-bond donors (Lipinski definition) is 2. The van der Waals surface area contributed by atoms with E-state index < -0.39 is 17.5 Å². The third-order valence-corrected chi connectivity index (χ3v) is 3.16. The Bertz CT molecular complexity index is 553. The second-order valence-electron chi connectivity index (χ2n) is 5.10. The molecule has 1 heterocycles. The van der Waals surface area contributed by atoms with Gasteiger partial charge in [0.2, 0.25) is 0 Å². The lowest BCUT2D eigenvalue weighted by atomic mass is 9.98. The van der Waals surface area contributed by atoms with Crippen molar-refractivity contribution in [3.05, 3.63) is 41.0 Å². The fraction of sp³-hybridized carbons (Fsp3) is 0.400. The summed E-state index contributed by atoms with van der Waals surface area (Å²) >= 11 is 0. The first-order valence-corrected chi connectivity index (χ1v) is 6.69. The van der Waals surface area contributed by atoms with Gasteiger partial charge >= 0.3 is 0 Å². The van der Waals surface area contributed by atoms with Crippen LogP contribution in [-0.4, -0.2) is 25.0 Å². The molecule has 1 amide bonds. The van der Waals surface area contributed by atoms with Gasteiger partial charge in [-0.2, -0.15) is 0 Å². The van der Waals surface area contributed by atoms with Gasteiger partial charge in [-0.3, -0.25) is 4.79 Å². The lowest BCUT2D eigenvalue weighted by molar-refractivity contribution is 0.0938. The molecular weight excluding hydrogens is 262 g/mol. The van der Waals surface area contributed by atoms with E-state index in [1.807, 2.05) is 6.08 Å². The normalized spacial score (nSPS) is 15.2. The van der Waals surface area contributed by atoms with Gasteiger partial charge in [0.15, 0.2) is 11.6 Å². The summed E-state index contributed by atoms with van der Waals surface area (Å²) in [6.45, 7) is 4.91. The van der Waals surface area contributed by atoms with Gasteiger partial charge in [-0.1, -0.05) is 12.1 Å². The van der Waals surface area contributed by atoms with Crippen molar-refractivity contribution in [1.29, 1.82) is 0 Å². The minimum atomic E-state index is -1.08. The predicted molar refractivity (Wildman–Crippen MR) is 74.4 cm³/mol. The van der Waals surface area contributed by atoms with Crippen molar-refractivity contribution in [1.82, 2.24) is 10.6 Å². The molecule has 0 saturated carbocycles. The standard InChI is InChI=1S/C15H18F2N2O/c1-9(2)19-15(20)12-4-3-11(13(16)14(12)17)10-5-7-18-8-6-10/h3-5,9,18H,6-8H2,1-2H3,(H,19,20). The van der Waals surface area contributed by atoms with E-state index in [1.165, 1.54) is 12.1 Å². The number of nitrogens with one attached hydrogen (secondary N) is 2. The zero-order valence-electron chi connectivity index (χ0n) is 11.6. The summed E-state index contributed by atoms with van der Waals surface area (Å²) < 4.78 is 28.2. The van der Waals surface area contributed by atoms with Crippen molar-refractivity contribution >= 4 is 11.5 Å². The van der Waals surface area contributed by atoms with Crippen LogP contribution in [0.15, 0.2) is 18.2 Å². The lowest BCUT2D eigenvalue weighted by Crippen LogP contribution is -2.31. The molecule has 0 saturated heterocycles. The van der Waals surface area contributed by atoms with E-state index in [0.717, 1.165) is 12.1 Å². The van der Waals surface area contributed by atoms with Gasteiger partial charge < -0.3 is 10.6 Å². The Morgan fingerprint density at radius 2 is 2.05 bits per heavy atom. The van der Waals surface area contributed by atoms with Crippen LogP contribution < -0.4 is 10.6 Å². The van der Waals surface area contributed by atoms with Gasteiger partial charge in [0.25, 0.3) is 5.91 Å². The summed E-state index contributed by atoms with van der Waals surface area (Å²) in [6.07, 6.45) is 2.49. The van der Waals surface area contributed by atoms with Gasteiger partial charge in [0, 0.05) is 18.2 Å². The van der Waals surface area contributed by atoms with E-state index in [-0.39, 0.29) is 17.2 Å². The SMILES string of the molecule is CC(C)NC(=O)c1ccc(C2=CCNCC2)c(F)c1F. The average molecular weight is 280 g/mol. The Balaban J connectivity index is 2.34. The maximum atomic E-state index is 14.1. The predicted octanol–water partition coefficient (Wildman–Crippen LogP) is 2.48. The van der Waals surface area contributed by atoms with Crippen molar-refractivity contribution in [3.8, 4) is 0 Å². The molecule has 5 heteroatoms. The molecule has 0 atom stereocenters. The summed E-state index contributed by atoms with van der Waals surface area (Å²) in [5.74, 6) is -2.63. The van der Waals surface area contributed by atoms with Gasteiger partial charge in [-0.25, -0.2) is 8.78 Å². The molecule has 108 valence electrons. The van der Waals surface area contributed by atoms with Crippen LogP contribution >= 0.6 is 0 Å². The Labute approximate surface area is 117 Å². The van der Waals surface area contributed by atoms with Gasteiger partial charge in [0.05, 0.1) is 5.56 Å². The second-order valence-corrected chi connectivity index (χ2v) is 5.10. The summed E-state index contributed by atoms with van der Waals surface area (Å²) in [4.78, 5) is 11.8. The summed E-state index contributed by atoms with van der Waals surface area (Å²) in [6, 6.07) is 2.69. The monoisotopic (exact) mass is 280 g/mol.